The molecule has 0 atom stereocenters. The van der Waals surface area contributed by atoms with Crippen LogP contribution in [0.25, 0.3) is 0 Å². The number of thiocarbonyl (C=S) groups is 1. The van der Waals surface area contributed by atoms with Crippen molar-refractivity contribution in [3.05, 3.63) is 31.9 Å². The van der Waals surface area contributed by atoms with Gasteiger partial charge in [0.25, 0.3) is 0 Å². The van der Waals surface area contributed by atoms with Gasteiger partial charge in [-0.25, -0.2) is 4.98 Å². The molecule has 96 valence electrons. The van der Waals surface area contributed by atoms with Crippen molar-refractivity contribution in [2.75, 3.05) is 11.9 Å². The zero-order chi connectivity index (χ0) is 13.0. The molecular formula is C11H12BrN3S3. The molecule has 0 unspecified atom stereocenters. The summed E-state index contributed by atoms with van der Waals surface area (Å²) >= 11 is 12.0. The lowest BCUT2D eigenvalue weighted by Gasteiger charge is -2.07. The largest absolute Gasteiger partial charge is 0.362 e. The third-order valence-electron chi connectivity index (χ3n) is 2.13. The van der Waals surface area contributed by atoms with E-state index in [4.69, 9.17) is 12.2 Å². The van der Waals surface area contributed by atoms with E-state index in [1.165, 1.54) is 9.75 Å². The first kappa shape index (κ1) is 13.9. The Hall–Kier alpha value is -0.500. The molecule has 18 heavy (non-hydrogen) atoms. The Morgan fingerprint density at radius 2 is 2.28 bits per heavy atom. The lowest BCUT2D eigenvalue weighted by atomic mass is 10.3. The first-order chi connectivity index (χ1) is 8.63. The minimum absolute atomic E-state index is 0.625. The van der Waals surface area contributed by atoms with Crippen molar-refractivity contribution in [3.63, 3.8) is 0 Å². The number of thiophene rings is 1. The Morgan fingerprint density at radius 1 is 1.44 bits per heavy atom. The molecule has 0 radical (unpaired) electrons. The molecule has 0 spiro atoms. The predicted molar refractivity (Wildman–Crippen MR) is 86.8 cm³/mol. The first-order valence-corrected chi connectivity index (χ1v) is 8.18. The molecule has 2 N–H and O–H groups in total. The lowest BCUT2D eigenvalue weighted by molar-refractivity contribution is 0.885. The standard InChI is InChI=1S/C11H12BrN3S3/c1-7-6-14-11(17-7)15-10(16)13-5-4-8-2-3-9(12)18-8/h2-3,6H,4-5H2,1H3,(H2,13,14,15,16). The molecule has 2 aromatic rings. The van der Waals surface area contributed by atoms with Crippen LogP contribution in [0.15, 0.2) is 22.1 Å². The lowest BCUT2D eigenvalue weighted by Crippen LogP contribution is -2.29. The van der Waals surface area contributed by atoms with E-state index < -0.39 is 0 Å². The van der Waals surface area contributed by atoms with Gasteiger partial charge in [-0.3, -0.25) is 0 Å². The van der Waals surface area contributed by atoms with Crippen LogP contribution in [0.4, 0.5) is 5.13 Å². The van der Waals surface area contributed by atoms with Crippen molar-refractivity contribution in [3.8, 4) is 0 Å². The van der Waals surface area contributed by atoms with Crippen LogP contribution in [0.2, 0.25) is 0 Å². The van der Waals surface area contributed by atoms with Crippen LogP contribution < -0.4 is 10.6 Å². The summed E-state index contributed by atoms with van der Waals surface area (Å²) in [5, 5.41) is 7.71. The summed E-state index contributed by atoms with van der Waals surface area (Å²) in [5.41, 5.74) is 0. The summed E-state index contributed by atoms with van der Waals surface area (Å²) in [6, 6.07) is 4.19. The number of aryl methyl sites for hydroxylation is 1. The monoisotopic (exact) mass is 361 g/mol. The highest BCUT2D eigenvalue weighted by Crippen LogP contribution is 2.22. The average Bonchev–Trinajstić information content (AvgIpc) is 2.88. The third-order valence-corrected chi connectivity index (χ3v) is 4.89. The van der Waals surface area contributed by atoms with Crippen molar-refractivity contribution >= 4 is 61.1 Å². The Labute approximate surface area is 128 Å². The molecule has 0 saturated carbocycles. The van der Waals surface area contributed by atoms with Gasteiger partial charge in [-0.15, -0.1) is 22.7 Å². The first-order valence-electron chi connectivity index (χ1n) is 5.35. The highest BCUT2D eigenvalue weighted by atomic mass is 79.9. The van der Waals surface area contributed by atoms with E-state index in [-0.39, 0.29) is 0 Å². The second kappa shape index (κ2) is 6.60. The van der Waals surface area contributed by atoms with Crippen LogP contribution in [-0.4, -0.2) is 16.6 Å². The number of halogens is 1. The van der Waals surface area contributed by atoms with E-state index >= 15 is 0 Å². The maximum absolute atomic E-state index is 5.20. The topological polar surface area (TPSA) is 37.0 Å². The summed E-state index contributed by atoms with van der Waals surface area (Å²) in [7, 11) is 0. The number of rotatable bonds is 4. The van der Waals surface area contributed by atoms with E-state index in [1.54, 1.807) is 22.7 Å². The molecule has 0 saturated heterocycles. The number of aromatic nitrogens is 1. The number of hydrogen-bond donors (Lipinski definition) is 2. The quantitative estimate of drug-likeness (QED) is 0.812. The smallest absolute Gasteiger partial charge is 0.189 e. The van der Waals surface area contributed by atoms with Gasteiger partial charge >= 0.3 is 0 Å². The maximum Gasteiger partial charge on any atom is 0.189 e. The van der Waals surface area contributed by atoms with Crippen molar-refractivity contribution in [1.82, 2.24) is 10.3 Å². The molecule has 0 bridgehead atoms. The van der Waals surface area contributed by atoms with Gasteiger partial charge in [-0.1, -0.05) is 0 Å². The zero-order valence-electron chi connectivity index (χ0n) is 9.70. The molecule has 0 amide bonds. The fourth-order valence-corrected chi connectivity index (χ4v) is 3.75. The minimum atomic E-state index is 0.625. The van der Waals surface area contributed by atoms with Crippen LogP contribution in [0.5, 0.6) is 0 Å². The van der Waals surface area contributed by atoms with Gasteiger partial charge in [0.1, 0.15) is 0 Å². The maximum atomic E-state index is 5.20. The Bertz CT molecular complexity index is 535. The van der Waals surface area contributed by atoms with Crippen molar-refractivity contribution < 1.29 is 0 Å². The van der Waals surface area contributed by atoms with Crippen molar-refractivity contribution in [2.24, 2.45) is 0 Å². The molecular weight excluding hydrogens is 350 g/mol. The summed E-state index contributed by atoms with van der Waals surface area (Å²) < 4.78 is 1.16. The average molecular weight is 362 g/mol. The molecule has 2 heterocycles. The molecule has 7 heteroatoms. The van der Waals surface area contributed by atoms with Gasteiger partial charge in [-0.05, 0) is 53.6 Å². The second-order valence-electron chi connectivity index (χ2n) is 3.61. The Kier molecular flexibility index (Phi) is 5.11. The molecule has 2 aromatic heterocycles. The van der Waals surface area contributed by atoms with Gasteiger partial charge in [0.05, 0.1) is 3.79 Å². The third kappa shape index (κ3) is 4.31. The number of hydrogen-bond acceptors (Lipinski definition) is 4. The number of nitrogens with zero attached hydrogens (tertiary/aromatic N) is 1. The van der Waals surface area contributed by atoms with E-state index in [2.05, 4.69) is 43.7 Å². The van der Waals surface area contributed by atoms with Gasteiger partial charge in [-0.2, -0.15) is 0 Å². The summed E-state index contributed by atoms with van der Waals surface area (Å²) in [6.07, 6.45) is 2.80. The van der Waals surface area contributed by atoms with Gasteiger partial charge in [0, 0.05) is 22.5 Å². The van der Waals surface area contributed by atoms with E-state index in [0.717, 1.165) is 21.9 Å². The fourth-order valence-electron chi connectivity index (χ4n) is 1.34. The number of nitrogens with one attached hydrogen (secondary N) is 2. The van der Waals surface area contributed by atoms with Crippen molar-refractivity contribution in [2.45, 2.75) is 13.3 Å². The van der Waals surface area contributed by atoms with Crippen LogP contribution in [-0.2, 0) is 6.42 Å². The van der Waals surface area contributed by atoms with Gasteiger partial charge in [0.15, 0.2) is 10.2 Å². The zero-order valence-corrected chi connectivity index (χ0v) is 13.7. The summed E-state index contributed by atoms with van der Waals surface area (Å²) in [4.78, 5) is 6.71. The highest BCUT2D eigenvalue weighted by molar-refractivity contribution is 9.11. The summed E-state index contributed by atoms with van der Waals surface area (Å²) in [5.74, 6) is 0. The normalized spacial score (nSPS) is 10.3. The van der Waals surface area contributed by atoms with Crippen LogP contribution in [0.1, 0.15) is 9.75 Å². The van der Waals surface area contributed by atoms with E-state index in [1.807, 2.05) is 13.1 Å². The number of thiazole rings is 1. The fraction of sp³-hybridized carbons (Fsp3) is 0.273. The highest BCUT2D eigenvalue weighted by Gasteiger charge is 2.02. The van der Waals surface area contributed by atoms with Gasteiger partial charge in [0.2, 0.25) is 0 Å². The molecule has 2 rings (SSSR count). The Morgan fingerprint density at radius 3 is 2.89 bits per heavy atom. The van der Waals surface area contributed by atoms with Crippen LogP contribution in [0, 0.1) is 6.92 Å². The molecule has 0 aliphatic heterocycles. The van der Waals surface area contributed by atoms with Crippen molar-refractivity contribution in [1.29, 1.82) is 0 Å². The number of anilines is 1. The summed E-state index contributed by atoms with van der Waals surface area (Å²) in [6.45, 7) is 2.84. The molecule has 0 aliphatic rings. The molecule has 0 aliphatic carbocycles. The second-order valence-corrected chi connectivity index (χ2v) is 7.80. The van der Waals surface area contributed by atoms with Gasteiger partial charge < -0.3 is 10.6 Å². The van der Waals surface area contributed by atoms with E-state index in [9.17, 15) is 0 Å². The molecule has 0 aromatic carbocycles. The minimum Gasteiger partial charge on any atom is -0.362 e. The Balaban J connectivity index is 1.72. The molecule has 0 fully saturated rings. The molecule has 3 nitrogen and oxygen atoms in total. The van der Waals surface area contributed by atoms with E-state index in [0.29, 0.717) is 5.11 Å². The predicted octanol–water partition coefficient (Wildman–Crippen LogP) is 3.80. The SMILES string of the molecule is Cc1cnc(NC(=S)NCCc2ccc(Br)s2)s1. The van der Waals surface area contributed by atoms with Crippen LogP contribution >= 0.6 is 50.8 Å². The van der Waals surface area contributed by atoms with Crippen LogP contribution in [0.3, 0.4) is 0 Å².